The molecule has 0 aliphatic rings. The van der Waals surface area contributed by atoms with Crippen LogP contribution in [0.4, 0.5) is 0 Å². The van der Waals surface area contributed by atoms with Gasteiger partial charge in [-0.2, -0.15) is 0 Å². The molecule has 0 amide bonds. The van der Waals surface area contributed by atoms with Crippen molar-refractivity contribution in [3.63, 3.8) is 0 Å². The normalized spacial score (nSPS) is 11.2. The summed E-state index contributed by atoms with van der Waals surface area (Å²) in [6.07, 6.45) is 1.71. The van der Waals surface area contributed by atoms with Gasteiger partial charge in [0.05, 0.1) is 25.8 Å². The summed E-state index contributed by atoms with van der Waals surface area (Å²) in [7, 11) is 3.15. The number of carbonyl (C=O) groups excluding carboxylic acids is 1. The van der Waals surface area contributed by atoms with E-state index < -0.39 is 5.41 Å². The summed E-state index contributed by atoms with van der Waals surface area (Å²) in [6, 6.07) is 5.47. The molecule has 0 N–H and O–H groups in total. The first-order valence-corrected chi connectivity index (χ1v) is 7.15. The van der Waals surface area contributed by atoms with E-state index in [1.54, 1.807) is 47.3 Å². The average Bonchev–Trinajstić information content (AvgIpc) is 2.99. The van der Waals surface area contributed by atoms with Crippen LogP contribution in [0.3, 0.4) is 0 Å². The minimum absolute atomic E-state index is 0.0242. The molecule has 0 bridgehead atoms. The SMILES string of the molecule is COc1ccc(-c2cn(COC(=O)C(C)(C)C)nn2)cc1OC. The van der Waals surface area contributed by atoms with E-state index in [1.807, 2.05) is 12.1 Å². The number of hydrogen-bond acceptors (Lipinski definition) is 6. The molecular formula is C16H21N3O4. The molecule has 0 atom stereocenters. The van der Waals surface area contributed by atoms with Gasteiger partial charge in [-0.05, 0) is 39.0 Å². The second-order valence-corrected chi connectivity index (χ2v) is 6.02. The Morgan fingerprint density at radius 3 is 2.48 bits per heavy atom. The molecule has 23 heavy (non-hydrogen) atoms. The molecule has 2 rings (SSSR count). The lowest BCUT2D eigenvalue weighted by Crippen LogP contribution is -2.24. The van der Waals surface area contributed by atoms with Gasteiger partial charge in [0.1, 0.15) is 5.69 Å². The molecule has 0 radical (unpaired) electrons. The van der Waals surface area contributed by atoms with E-state index in [0.29, 0.717) is 17.2 Å². The number of esters is 1. The van der Waals surface area contributed by atoms with E-state index >= 15 is 0 Å². The minimum Gasteiger partial charge on any atom is -0.493 e. The number of carbonyl (C=O) groups is 1. The molecule has 0 unspecified atom stereocenters. The Balaban J connectivity index is 2.12. The lowest BCUT2D eigenvalue weighted by Gasteiger charge is -2.15. The fourth-order valence-electron chi connectivity index (χ4n) is 1.83. The molecule has 7 nitrogen and oxygen atoms in total. The third-order valence-electron chi connectivity index (χ3n) is 3.16. The van der Waals surface area contributed by atoms with E-state index in [1.165, 1.54) is 4.68 Å². The number of rotatable bonds is 5. The van der Waals surface area contributed by atoms with E-state index in [2.05, 4.69) is 10.3 Å². The highest BCUT2D eigenvalue weighted by molar-refractivity contribution is 5.75. The van der Waals surface area contributed by atoms with E-state index in [0.717, 1.165) is 5.56 Å². The molecule has 1 heterocycles. The highest BCUT2D eigenvalue weighted by atomic mass is 16.5. The van der Waals surface area contributed by atoms with Crippen LogP contribution in [0.5, 0.6) is 11.5 Å². The molecule has 7 heteroatoms. The highest BCUT2D eigenvalue weighted by Crippen LogP contribution is 2.31. The van der Waals surface area contributed by atoms with E-state index in [9.17, 15) is 4.79 Å². The molecule has 0 fully saturated rings. The van der Waals surface area contributed by atoms with Gasteiger partial charge in [0.25, 0.3) is 0 Å². The van der Waals surface area contributed by atoms with Gasteiger partial charge < -0.3 is 14.2 Å². The standard InChI is InChI=1S/C16H21N3O4/c1-16(2,3)15(20)23-10-19-9-12(17-18-19)11-6-7-13(21-4)14(8-11)22-5/h6-9H,10H2,1-5H3. The molecule has 0 aliphatic carbocycles. The van der Waals surface area contributed by atoms with Gasteiger partial charge in [-0.15, -0.1) is 5.10 Å². The number of hydrogen-bond donors (Lipinski definition) is 0. The molecule has 0 spiro atoms. The first-order valence-electron chi connectivity index (χ1n) is 7.15. The van der Waals surface area contributed by atoms with Crippen molar-refractivity contribution in [2.45, 2.75) is 27.5 Å². The fraction of sp³-hybridized carbons (Fsp3) is 0.438. The van der Waals surface area contributed by atoms with Crippen LogP contribution in [0.2, 0.25) is 0 Å². The summed E-state index contributed by atoms with van der Waals surface area (Å²) in [5.74, 6) is 0.960. The van der Waals surface area contributed by atoms with Gasteiger partial charge in [-0.25, -0.2) is 4.68 Å². The zero-order valence-corrected chi connectivity index (χ0v) is 14.0. The third-order valence-corrected chi connectivity index (χ3v) is 3.16. The molecule has 0 aliphatic heterocycles. The number of benzene rings is 1. The maximum absolute atomic E-state index is 11.8. The zero-order chi connectivity index (χ0) is 17.0. The highest BCUT2D eigenvalue weighted by Gasteiger charge is 2.23. The predicted molar refractivity (Wildman–Crippen MR) is 84.1 cm³/mol. The summed E-state index contributed by atoms with van der Waals surface area (Å²) in [6.45, 7) is 5.42. The third kappa shape index (κ3) is 4.00. The van der Waals surface area contributed by atoms with Crippen LogP contribution in [-0.4, -0.2) is 35.2 Å². The van der Waals surface area contributed by atoms with Crippen LogP contribution in [0.15, 0.2) is 24.4 Å². The van der Waals surface area contributed by atoms with Crippen molar-refractivity contribution < 1.29 is 19.0 Å². The van der Waals surface area contributed by atoms with Crippen molar-refractivity contribution in [2.24, 2.45) is 5.41 Å². The van der Waals surface area contributed by atoms with Crippen LogP contribution in [0.25, 0.3) is 11.3 Å². The number of aromatic nitrogens is 3. The van der Waals surface area contributed by atoms with Crippen LogP contribution in [-0.2, 0) is 16.3 Å². The summed E-state index contributed by atoms with van der Waals surface area (Å²) >= 11 is 0. The summed E-state index contributed by atoms with van der Waals surface area (Å²) in [5.41, 5.74) is 0.932. The van der Waals surface area contributed by atoms with E-state index in [4.69, 9.17) is 14.2 Å². The number of methoxy groups -OCH3 is 2. The maximum atomic E-state index is 11.8. The van der Waals surface area contributed by atoms with Crippen LogP contribution >= 0.6 is 0 Å². The first kappa shape index (κ1) is 16.8. The smallest absolute Gasteiger partial charge is 0.313 e. The van der Waals surface area contributed by atoms with Crippen LogP contribution in [0, 0.1) is 5.41 Å². The van der Waals surface area contributed by atoms with Crippen LogP contribution < -0.4 is 9.47 Å². The van der Waals surface area contributed by atoms with Crippen molar-refractivity contribution in [1.82, 2.24) is 15.0 Å². The molecule has 0 saturated carbocycles. The minimum atomic E-state index is -0.549. The Kier molecular flexibility index (Phi) is 4.88. The molecular weight excluding hydrogens is 298 g/mol. The molecule has 1 aromatic carbocycles. The summed E-state index contributed by atoms with van der Waals surface area (Å²) in [5, 5.41) is 8.04. The Labute approximate surface area is 135 Å². The number of nitrogens with zero attached hydrogens (tertiary/aromatic N) is 3. The van der Waals surface area contributed by atoms with Gasteiger partial charge in [-0.1, -0.05) is 5.21 Å². The van der Waals surface area contributed by atoms with Crippen molar-refractivity contribution in [1.29, 1.82) is 0 Å². The Hall–Kier alpha value is -2.57. The van der Waals surface area contributed by atoms with Gasteiger partial charge in [-0.3, -0.25) is 4.79 Å². The fourth-order valence-corrected chi connectivity index (χ4v) is 1.83. The van der Waals surface area contributed by atoms with Gasteiger partial charge >= 0.3 is 5.97 Å². The molecule has 124 valence electrons. The number of ether oxygens (including phenoxy) is 3. The molecule has 2 aromatic rings. The Morgan fingerprint density at radius 1 is 1.17 bits per heavy atom. The largest absolute Gasteiger partial charge is 0.493 e. The monoisotopic (exact) mass is 319 g/mol. The predicted octanol–water partition coefficient (Wildman–Crippen LogP) is 2.51. The van der Waals surface area contributed by atoms with Crippen molar-refractivity contribution >= 4 is 5.97 Å². The van der Waals surface area contributed by atoms with Gasteiger partial charge in [0.15, 0.2) is 18.2 Å². The second kappa shape index (κ2) is 6.68. The van der Waals surface area contributed by atoms with Gasteiger partial charge in [0.2, 0.25) is 0 Å². The topological polar surface area (TPSA) is 75.5 Å². The molecule has 1 aromatic heterocycles. The average molecular weight is 319 g/mol. The maximum Gasteiger partial charge on any atom is 0.313 e. The summed E-state index contributed by atoms with van der Waals surface area (Å²) < 4.78 is 17.1. The quantitative estimate of drug-likeness (QED) is 0.788. The summed E-state index contributed by atoms with van der Waals surface area (Å²) in [4.78, 5) is 11.8. The lowest BCUT2D eigenvalue weighted by atomic mass is 9.98. The van der Waals surface area contributed by atoms with E-state index in [-0.39, 0.29) is 12.7 Å². The molecule has 0 saturated heterocycles. The van der Waals surface area contributed by atoms with Crippen molar-refractivity contribution in [3.05, 3.63) is 24.4 Å². The second-order valence-electron chi connectivity index (χ2n) is 6.02. The van der Waals surface area contributed by atoms with Crippen molar-refractivity contribution in [3.8, 4) is 22.8 Å². The van der Waals surface area contributed by atoms with Crippen LogP contribution in [0.1, 0.15) is 20.8 Å². The zero-order valence-electron chi connectivity index (χ0n) is 14.0. The van der Waals surface area contributed by atoms with Crippen molar-refractivity contribution in [2.75, 3.05) is 14.2 Å². The Bertz CT molecular complexity index is 689. The lowest BCUT2D eigenvalue weighted by molar-refractivity contribution is -0.157. The van der Waals surface area contributed by atoms with Gasteiger partial charge in [0, 0.05) is 5.56 Å². The Morgan fingerprint density at radius 2 is 1.87 bits per heavy atom. The first-order chi connectivity index (χ1) is 10.8.